The Balaban J connectivity index is 1.82. The van der Waals surface area contributed by atoms with Gasteiger partial charge in [-0.05, 0) is 44.2 Å². The van der Waals surface area contributed by atoms with E-state index in [0.29, 0.717) is 11.1 Å². The van der Waals surface area contributed by atoms with Crippen LogP contribution in [0.1, 0.15) is 32.1 Å². The summed E-state index contributed by atoms with van der Waals surface area (Å²) < 4.78 is 7.70. The van der Waals surface area contributed by atoms with E-state index in [9.17, 15) is 14.4 Å². The minimum atomic E-state index is -0.663. The summed E-state index contributed by atoms with van der Waals surface area (Å²) in [6.45, 7) is 3.08. The number of hydrogen-bond donors (Lipinski definition) is 1. The van der Waals surface area contributed by atoms with E-state index < -0.39 is 5.97 Å². The number of amides is 1. The van der Waals surface area contributed by atoms with Crippen LogP contribution in [-0.2, 0) is 16.6 Å². The highest BCUT2D eigenvalue weighted by atomic mass is 79.9. The Kier molecular flexibility index (Phi) is 6.14. The predicted molar refractivity (Wildman–Crippen MR) is 96.7 cm³/mol. The molecule has 1 aromatic heterocycles. The van der Waals surface area contributed by atoms with Gasteiger partial charge in [0.05, 0.1) is 0 Å². The molecule has 0 saturated carbocycles. The second-order valence-corrected chi connectivity index (χ2v) is 6.53. The summed E-state index contributed by atoms with van der Waals surface area (Å²) in [5.41, 5.74) is 2.74. The third-order valence-electron chi connectivity index (χ3n) is 3.94. The number of nitrogens with one attached hydrogen (secondary N) is 1. The second kappa shape index (κ2) is 8.11. The first-order chi connectivity index (χ1) is 11.8. The van der Waals surface area contributed by atoms with Crippen LogP contribution in [0.2, 0.25) is 0 Å². The van der Waals surface area contributed by atoms with Gasteiger partial charge in [-0.25, -0.2) is 0 Å². The van der Waals surface area contributed by atoms with Crippen LogP contribution in [-0.4, -0.2) is 35.4 Å². The van der Waals surface area contributed by atoms with Crippen molar-refractivity contribution in [3.63, 3.8) is 0 Å². The molecule has 1 amide bonds. The zero-order valence-electron chi connectivity index (χ0n) is 14.3. The van der Waals surface area contributed by atoms with Gasteiger partial charge in [0.1, 0.15) is 6.54 Å². The topological polar surface area (TPSA) is 77.4 Å². The third-order valence-corrected chi connectivity index (χ3v) is 4.47. The molecule has 1 heterocycles. The van der Waals surface area contributed by atoms with Gasteiger partial charge < -0.3 is 14.6 Å². The molecule has 6 nitrogen and oxygen atoms in total. The first kappa shape index (κ1) is 18.9. The molecule has 0 radical (unpaired) electrons. The lowest BCUT2D eigenvalue weighted by Gasteiger charge is -2.07. The number of aromatic nitrogens is 1. The van der Waals surface area contributed by atoms with Crippen LogP contribution in [0, 0.1) is 13.8 Å². The molecule has 1 N–H and O–H groups in total. The van der Waals surface area contributed by atoms with E-state index in [1.54, 1.807) is 30.3 Å². The number of aryl methyl sites for hydroxylation is 1. The highest BCUT2D eigenvalue weighted by Crippen LogP contribution is 2.14. The van der Waals surface area contributed by atoms with E-state index in [0.717, 1.165) is 15.9 Å². The van der Waals surface area contributed by atoms with E-state index in [1.165, 1.54) is 0 Å². The van der Waals surface area contributed by atoms with Crippen molar-refractivity contribution < 1.29 is 19.1 Å². The molecular formula is C18H19BrN2O4. The van der Waals surface area contributed by atoms with Crippen molar-refractivity contribution in [1.82, 2.24) is 9.88 Å². The number of halogens is 1. The quantitative estimate of drug-likeness (QED) is 0.590. The van der Waals surface area contributed by atoms with Crippen molar-refractivity contribution in [2.24, 2.45) is 7.05 Å². The van der Waals surface area contributed by atoms with Crippen molar-refractivity contribution in [3.8, 4) is 0 Å². The smallest absolute Gasteiger partial charge is 0.325 e. The van der Waals surface area contributed by atoms with E-state index >= 15 is 0 Å². The van der Waals surface area contributed by atoms with Crippen LogP contribution in [0.5, 0.6) is 0 Å². The molecule has 0 aliphatic rings. The maximum absolute atomic E-state index is 12.1. The minimum Gasteiger partial charge on any atom is -0.456 e. The Morgan fingerprint density at radius 1 is 1.16 bits per heavy atom. The Hall–Kier alpha value is -2.41. The maximum Gasteiger partial charge on any atom is 0.325 e. The Morgan fingerprint density at radius 3 is 2.36 bits per heavy atom. The van der Waals surface area contributed by atoms with Gasteiger partial charge in [0, 0.05) is 34.0 Å². The van der Waals surface area contributed by atoms with Gasteiger partial charge in [0.15, 0.2) is 6.61 Å². The van der Waals surface area contributed by atoms with E-state index in [4.69, 9.17) is 4.74 Å². The predicted octanol–water partition coefficient (Wildman–Crippen LogP) is 2.56. The Bertz CT molecular complexity index is 809. The van der Waals surface area contributed by atoms with Gasteiger partial charge in [0.25, 0.3) is 5.91 Å². The van der Waals surface area contributed by atoms with Gasteiger partial charge >= 0.3 is 5.97 Å². The number of hydrogen-bond acceptors (Lipinski definition) is 4. The number of carbonyl (C=O) groups excluding carboxylic acids is 3. The minimum absolute atomic E-state index is 0.270. The average molecular weight is 407 g/mol. The van der Waals surface area contributed by atoms with Crippen molar-refractivity contribution in [3.05, 3.63) is 57.3 Å². The number of Topliss-reactive ketones (excluding diaryl/α,β-unsaturated/α-hetero) is 1. The largest absolute Gasteiger partial charge is 0.456 e. The summed E-state index contributed by atoms with van der Waals surface area (Å²) >= 11 is 3.28. The number of esters is 1. The van der Waals surface area contributed by atoms with Crippen molar-refractivity contribution in [2.45, 2.75) is 13.8 Å². The highest BCUT2D eigenvalue weighted by molar-refractivity contribution is 9.10. The van der Waals surface area contributed by atoms with E-state index in [2.05, 4.69) is 21.2 Å². The number of ether oxygens (including phenoxy) is 1. The van der Waals surface area contributed by atoms with Crippen LogP contribution >= 0.6 is 15.9 Å². The van der Waals surface area contributed by atoms with Gasteiger partial charge in [0.2, 0.25) is 5.78 Å². The molecular weight excluding hydrogens is 388 g/mol. The van der Waals surface area contributed by atoms with Crippen LogP contribution in [0.15, 0.2) is 34.8 Å². The molecule has 0 bridgehead atoms. The van der Waals surface area contributed by atoms with Gasteiger partial charge in [-0.3, -0.25) is 14.4 Å². The molecule has 25 heavy (non-hydrogen) atoms. The van der Waals surface area contributed by atoms with Crippen LogP contribution in [0.3, 0.4) is 0 Å². The fourth-order valence-corrected chi connectivity index (χ4v) is 2.53. The summed E-state index contributed by atoms with van der Waals surface area (Å²) in [5, 5.41) is 2.46. The zero-order chi connectivity index (χ0) is 18.6. The summed E-state index contributed by atoms with van der Waals surface area (Å²) in [5.74, 6) is -1.32. The summed E-state index contributed by atoms with van der Waals surface area (Å²) in [7, 11) is 1.87. The highest BCUT2D eigenvalue weighted by Gasteiger charge is 2.16. The summed E-state index contributed by atoms with van der Waals surface area (Å²) in [6.07, 6.45) is 0. The Morgan fingerprint density at radius 2 is 1.80 bits per heavy atom. The monoisotopic (exact) mass is 406 g/mol. The summed E-state index contributed by atoms with van der Waals surface area (Å²) in [4.78, 5) is 35.8. The fourth-order valence-electron chi connectivity index (χ4n) is 2.27. The number of carbonyl (C=O) groups is 3. The molecule has 0 atom stereocenters. The van der Waals surface area contributed by atoms with Gasteiger partial charge in [-0.2, -0.15) is 0 Å². The lowest BCUT2D eigenvalue weighted by molar-refractivity contribution is -0.141. The molecule has 0 saturated heterocycles. The number of nitrogens with zero attached hydrogens (tertiary/aromatic N) is 1. The zero-order valence-corrected chi connectivity index (χ0v) is 15.8. The lowest BCUT2D eigenvalue weighted by atomic mass is 10.1. The molecule has 0 spiro atoms. The standard InChI is InChI=1S/C18H19BrN2O4/c1-11-8-15(12(2)21(11)3)16(22)10-25-17(23)9-20-18(24)13-4-6-14(19)7-5-13/h4-8H,9-10H2,1-3H3,(H,20,24). The SMILES string of the molecule is Cc1cc(C(=O)COC(=O)CNC(=O)c2ccc(Br)cc2)c(C)n1C. The normalized spacial score (nSPS) is 10.4. The molecule has 2 aromatic rings. The number of rotatable bonds is 6. The van der Waals surface area contributed by atoms with Gasteiger partial charge in [-0.15, -0.1) is 0 Å². The van der Waals surface area contributed by atoms with Crippen molar-refractivity contribution in [2.75, 3.05) is 13.2 Å². The average Bonchev–Trinajstić information content (AvgIpc) is 2.85. The lowest BCUT2D eigenvalue weighted by Crippen LogP contribution is -2.31. The molecule has 2 rings (SSSR count). The first-order valence-electron chi connectivity index (χ1n) is 7.65. The fraction of sp³-hybridized carbons (Fsp3) is 0.278. The third kappa shape index (κ3) is 4.79. The molecule has 0 aliphatic carbocycles. The molecule has 7 heteroatoms. The number of ketones is 1. The van der Waals surface area contributed by atoms with Gasteiger partial charge in [-0.1, -0.05) is 15.9 Å². The number of benzene rings is 1. The first-order valence-corrected chi connectivity index (χ1v) is 8.44. The van der Waals surface area contributed by atoms with Crippen molar-refractivity contribution >= 4 is 33.6 Å². The molecule has 0 unspecified atom stereocenters. The van der Waals surface area contributed by atoms with Crippen LogP contribution < -0.4 is 5.32 Å². The molecule has 132 valence electrons. The van der Waals surface area contributed by atoms with E-state index in [-0.39, 0.29) is 24.8 Å². The second-order valence-electron chi connectivity index (χ2n) is 5.62. The maximum atomic E-state index is 12.1. The molecule has 0 aliphatic heterocycles. The van der Waals surface area contributed by atoms with Crippen LogP contribution in [0.25, 0.3) is 0 Å². The van der Waals surface area contributed by atoms with Crippen LogP contribution in [0.4, 0.5) is 0 Å². The van der Waals surface area contributed by atoms with E-state index in [1.807, 2.05) is 25.5 Å². The molecule has 1 aromatic carbocycles. The van der Waals surface area contributed by atoms with Crippen molar-refractivity contribution in [1.29, 1.82) is 0 Å². The Labute approximate surface area is 154 Å². The summed E-state index contributed by atoms with van der Waals surface area (Å²) in [6, 6.07) is 8.50. The molecule has 0 fully saturated rings.